The van der Waals surface area contributed by atoms with E-state index in [0.29, 0.717) is 12.0 Å². The first-order valence-electron chi connectivity index (χ1n) is 7.01. The minimum Gasteiger partial charge on any atom is -0.490 e. The third kappa shape index (κ3) is 4.12. The number of ether oxygens (including phenoxy) is 2. The number of hydrogen-bond donors (Lipinski definition) is 0. The van der Waals surface area contributed by atoms with E-state index >= 15 is 0 Å². The highest BCUT2D eigenvalue weighted by atomic mass is 16.5. The monoisotopic (exact) mass is 263 g/mol. The molecule has 0 unspecified atom stereocenters. The predicted octanol–water partition coefficient (Wildman–Crippen LogP) is 4.10. The van der Waals surface area contributed by atoms with Crippen molar-refractivity contribution in [3.63, 3.8) is 0 Å². The summed E-state index contributed by atoms with van der Waals surface area (Å²) < 4.78 is 11.8. The standard InChI is InChI=1S/C16H25NO2/c1-15(2,3)12-10-17-14(19-16(4,5)6)9-13(12)18-11-7-8-11/h9-11H,7-8H2,1-6H3. The van der Waals surface area contributed by atoms with E-state index in [2.05, 4.69) is 25.8 Å². The summed E-state index contributed by atoms with van der Waals surface area (Å²) >= 11 is 0. The van der Waals surface area contributed by atoms with Crippen molar-refractivity contribution in [3.05, 3.63) is 17.8 Å². The molecule has 0 atom stereocenters. The Labute approximate surface area is 116 Å². The van der Waals surface area contributed by atoms with Gasteiger partial charge in [0.2, 0.25) is 5.88 Å². The summed E-state index contributed by atoms with van der Waals surface area (Å²) in [6.45, 7) is 12.6. The smallest absolute Gasteiger partial charge is 0.217 e. The van der Waals surface area contributed by atoms with Gasteiger partial charge < -0.3 is 9.47 Å². The van der Waals surface area contributed by atoms with Gasteiger partial charge in [0, 0.05) is 17.8 Å². The van der Waals surface area contributed by atoms with Gasteiger partial charge >= 0.3 is 0 Å². The summed E-state index contributed by atoms with van der Waals surface area (Å²) in [7, 11) is 0. The highest BCUT2D eigenvalue weighted by molar-refractivity contribution is 5.40. The molecule has 1 heterocycles. The summed E-state index contributed by atoms with van der Waals surface area (Å²) in [5, 5.41) is 0. The van der Waals surface area contributed by atoms with Crippen LogP contribution in [0.2, 0.25) is 0 Å². The molecular formula is C16H25NO2. The lowest BCUT2D eigenvalue weighted by Gasteiger charge is -2.25. The van der Waals surface area contributed by atoms with E-state index in [1.54, 1.807) is 0 Å². The van der Waals surface area contributed by atoms with E-state index in [1.165, 1.54) is 0 Å². The van der Waals surface area contributed by atoms with Gasteiger partial charge in [-0.05, 0) is 39.0 Å². The van der Waals surface area contributed by atoms with Gasteiger partial charge in [0.1, 0.15) is 11.4 Å². The molecule has 0 bridgehead atoms. The Hall–Kier alpha value is -1.25. The molecule has 0 N–H and O–H groups in total. The minimum absolute atomic E-state index is 0.0253. The van der Waals surface area contributed by atoms with Crippen LogP contribution in [0.15, 0.2) is 12.3 Å². The van der Waals surface area contributed by atoms with Gasteiger partial charge in [0.05, 0.1) is 6.10 Å². The highest BCUT2D eigenvalue weighted by Crippen LogP contribution is 2.37. The van der Waals surface area contributed by atoms with E-state index < -0.39 is 0 Å². The molecule has 0 spiro atoms. The number of pyridine rings is 1. The van der Waals surface area contributed by atoms with Crippen LogP contribution in [0.3, 0.4) is 0 Å². The van der Waals surface area contributed by atoms with E-state index in [9.17, 15) is 0 Å². The SMILES string of the molecule is CC(C)(C)Oc1cc(OC2CC2)c(C(C)(C)C)cn1. The van der Waals surface area contributed by atoms with Crippen molar-refractivity contribution in [3.8, 4) is 11.6 Å². The van der Waals surface area contributed by atoms with Crippen LogP contribution in [0.5, 0.6) is 11.6 Å². The van der Waals surface area contributed by atoms with Crippen molar-refractivity contribution in [2.45, 2.75) is 71.5 Å². The Kier molecular flexibility index (Phi) is 3.50. The van der Waals surface area contributed by atoms with Crippen LogP contribution >= 0.6 is 0 Å². The molecule has 1 fully saturated rings. The van der Waals surface area contributed by atoms with Crippen molar-refractivity contribution < 1.29 is 9.47 Å². The zero-order valence-electron chi connectivity index (χ0n) is 12.9. The van der Waals surface area contributed by atoms with Crippen LogP contribution < -0.4 is 9.47 Å². The van der Waals surface area contributed by atoms with Crippen molar-refractivity contribution in [2.75, 3.05) is 0 Å². The van der Waals surface area contributed by atoms with Crippen molar-refractivity contribution >= 4 is 0 Å². The van der Waals surface area contributed by atoms with Crippen LogP contribution in [-0.2, 0) is 5.41 Å². The van der Waals surface area contributed by atoms with E-state index in [-0.39, 0.29) is 11.0 Å². The molecule has 0 aliphatic heterocycles. The largest absolute Gasteiger partial charge is 0.490 e. The summed E-state index contributed by atoms with van der Waals surface area (Å²) in [4.78, 5) is 4.42. The first-order valence-corrected chi connectivity index (χ1v) is 7.01. The molecule has 19 heavy (non-hydrogen) atoms. The zero-order valence-corrected chi connectivity index (χ0v) is 12.9. The lowest BCUT2D eigenvalue weighted by Crippen LogP contribution is -2.24. The Bertz CT molecular complexity index is 451. The van der Waals surface area contributed by atoms with Crippen molar-refractivity contribution in [2.24, 2.45) is 0 Å². The van der Waals surface area contributed by atoms with Crippen LogP contribution in [-0.4, -0.2) is 16.7 Å². The molecule has 0 amide bonds. The lowest BCUT2D eigenvalue weighted by molar-refractivity contribution is 0.123. The van der Waals surface area contributed by atoms with Gasteiger partial charge in [-0.1, -0.05) is 20.8 Å². The van der Waals surface area contributed by atoms with Crippen LogP contribution in [0.1, 0.15) is 59.9 Å². The molecule has 0 radical (unpaired) electrons. The quantitative estimate of drug-likeness (QED) is 0.822. The van der Waals surface area contributed by atoms with Crippen LogP contribution in [0.25, 0.3) is 0 Å². The van der Waals surface area contributed by atoms with Gasteiger partial charge in [-0.25, -0.2) is 4.98 Å². The second-order valence-electron chi connectivity index (χ2n) is 7.30. The first kappa shape index (κ1) is 14.2. The Morgan fingerprint density at radius 1 is 1.11 bits per heavy atom. The maximum atomic E-state index is 6.02. The first-order chi connectivity index (χ1) is 8.65. The maximum absolute atomic E-state index is 6.02. The van der Waals surface area contributed by atoms with E-state index in [1.807, 2.05) is 33.0 Å². The fraction of sp³-hybridized carbons (Fsp3) is 0.688. The molecule has 1 aliphatic rings. The molecule has 106 valence electrons. The Morgan fingerprint density at radius 2 is 1.74 bits per heavy atom. The molecule has 0 saturated heterocycles. The van der Waals surface area contributed by atoms with E-state index in [0.717, 1.165) is 24.2 Å². The maximum Gasteiger partial charge on any atom is 0.217 e. The second-order valence-corrected chi connectivity index (χ2v) is 7.30. The van der Waals surface area contributed by atoms with Gasteiger partial charge in [0.25, 0.3) is 0 Å². The summed E-state index contributed by atoms with van der Waals surface area (Å²) in [5.41, 5.74) is 0.922. The average molecular weight is 263 g/mol. The molecule has 1 aromatic heterocycles. The zero-order chi connectivity index (χ0) is 14.3. The lowest BCUT2D eigenvalue weighted by atomic mass is 9.87. The molecule has 3 heteroatoms. The number of hydrogen-bond acceptors (Lipinski definition) is 3. The molecular weight excluding hydrogens is 238 g/mol. The molecule has 2 rings (SSSR count). The van der Waals surface area contributed by atoms with Gasteiger partial charge in [-0.3, -0.25) is 0 Å². The fourth-order valence-electron chi connectivity index (χ4n) is 1.81. The third-order valence-corrected chi connectivity index (χ3v) is 2.88. The van der Waals surface area contributed by atoms with Gasteiger partial charge in [-0.15, -0.1) is 0 Å². The summed E-state index contributed by atoms with van der Waals surface area (Å²) in [6, 6.07) is 1.93. The molecule has 1 aromatic rings. The molecule has 1 aliphatic carbocycles. The van der Waals surface area contributed by atoms with Crippen LogP contribution in [0.4, 0.5) is 0 Å². The summed E-state index contributed by atoms with van der Waals surface area (Å²) in [6.07, 6.45) is 4.58. The Morgan fingerprint density at radius 3 is 2.21 bits per heavy atom. The van der Waals surface area contributed by atoms with Gasteiger partial charge in [-0.2, -0.15) is 0 Å². The van der Waals surface area contributed by atoms with E-state index in [4.69, 9.17) is 9.47 Å². The van der Waals surface area contributed by atoms with Crippen molar-refractivity contribution in [1.29, 1.82) is 0 Å². The topological polar surface area (TPSA) is 31.4 Å². The van der Waals surface area contributed by atoms with Crippen molar-refractivity contribution in [1.82, 2.24) is 4.98 Å². The number of nitrogens with zero attached hydrogens (tertiary/aromatic N) is 1. The molecule has 3 nitrogen and oxygen atoms in total. The number of aromatic nitrogens is 1. The second kappa shape index (κ2) is 4.69. The average Bonchev–Trinajstić information content (AvgIpc) is 2.97. The fourth-order valence-corrected chi connectivity index (χ4v) is 1.81. The predicted molar refractivity (Wildman–Crippen MR) is 77.0 cm³/mol. The molecule has 0 aromatic carbocycles. The number of rotatable bonds is 3. The van der Waals surface area contributed by atoms with Crippen LogP contribution in [0, 0.1) is 0 Å². The Balaban J connectivity index is 2.29. The highest BCUT2D eigenvalue weighted by Gasteiger charge is 2.28. The normalized spacial score (nSPS) is 16.3. The van der Waals surface area contributed by atoms with Gasteiger partial charge in [0.15, 0.2) is 0 Å². The third-order valence-electron chi connectivity index (χ3n) is 2.88. The minimum atomic E-state index is -0.243. The summed E-state index contributed by atoms with van der Waals surface area (Å²) in [5.74, 6) is 1.56. The molecule has 1 saturated carbocycles.